The second-order valence-corrected chi connectivity index (χ2v) is 8.42. The lowest BCUT2D eigenvalue weighted by molar-refractivity contribution is -0.115. The molecule has 1 aromatic heterocycles. The Kier molecular flexibility index (Phi) is 8.08. The smallest absolute Gasteiger partial charge is 0.325 e. The topological polar surface area (TPSA) is 86.4 Å². The summed E-state index contributed by atoms with van der Waals surface area (Å²) in [5.74, 6) is -0.163. The zero-order valence-electron chi connectivity index (χ0n) is 18.2. The van der Waals surface area contributed by atoms with Crippen LogP contribution >= 0.6 is 22.9 Å². The van der Waals surface area contributed by atoms with Gasteiger partial charge < -0.3 is 15.5 Å². The molecule has 0 fully saturated rings. The fourth-order valence-electron chi connectivity index (χ4n) is 3.20. The predicted octanol–water partition coefficient (Wildman–Crippen LogP) is 5.78. The van der Waals surface area contributed by atoms with Gasteiger partial charge in [0.1, 0.15) is 0 Å². The fourth-order valence-corrected chi connectivity index (χ4v) is 4.10. The van der Waals surface area contributed by atoms with Crippen LogP contribution in [0.3, 0.4) is 0 Å². The van der Waals surface area contributed by atoms with E-state index in [2.05, 4.69) is 45.7 Å². The van der Waals surface area contributed by atoms with E-state index in [-0.39, 0.29) is 12.3 Å². The SMILES string of the molecule is CCN(CC)c1ccc(NC(=O)Cc2csc(NC(=O)Nc3cccc(Cl)c3)n2)c(C)c1. The number of nitrogens with one attached hydrogen (secondary N) is 3. The molecule has 9 heteroatoms. The second-order valence-electron chi connectivity index (χ2n) is 7.13. The molecule has 3 N–H and O–H groups in total. The first-order valence-electron chi connectivity index (χ1n) is 10.3. The van der Waals surface area contributed by atoms with Gasteiger partial charge in [0.15, 0.2) is 5.13 Å². The Bertz CT molecular complexity index is 1100. The first-order valence-corrected chi connectivity index (χ1v) is 11.6. The van der Waals surface area contributed by atoms with E-state index in [9.17, 15) is 9.59 Å². The van der Waals surface area contributed by atoms with Gasteiger partial charge in [0.05, 0.1) is 12.1 Å². The number of nitrogens with zero attached hydrogens (tertiary/aromatic N) is 2. The third-order valence-electron chi connectivity index (χ3n) is 4.81. The molecule has 0 aliphatic rings. The van der Waals surface area contributed by atoms with Crippen LogP contribution in [-0.2, 0) is 11.2 Å². The van der Waals surface area contributed by atoms with Crippen molar-refractivity contribution in [1.82, 2.24) is 4.98 Å². The molecule has 0 bridgehead atoms. The molecule has 3 rings (SSSR count). The number of amides is 3. The Morgan fingerprint density at radius 1 is 1.06 bits per heavy atom. The highest BCUT2D eigenvalue weighted by molar-refractivity contribution is 7.14. The molecule has 0 unspecified atom stereocenters. The van der Waals surface area contributed by atoms with Crippen molar-refractivity contribution < 1.29 is 9.59 Å². The summed E-state index contributed by atoms with van der Waals surface area (Å²) in [7, 11) is 0. The number of aryl methyl sites for hydroxylation is 1. The van der Waals surface area contributed by atoms with Crippen molar-refractivity contribution in [2.24, 2.45) is 0 Å². The monoisotopic (exact) mass is 471 g/mol. The van der Waals surface area contributed by atoms with Crippen LogP contribution in [0.4, 0.5) is 27.0 Å². The molecule has 7 nitrogen and oxygen atoms in total. The minimum Gasteiger partial charge on any atom is -0.372 e. The number of hydrogen-bond acceptors (Lipinski definition) is 5. The molecule has 168 valence electrons. The number of rotatable bonds is 8. The lowest BCUT2D eigenvalue weighted by Crippen LogP contribution is -2.22. The number of aromatic nitrogens is 1. The molecule has 3 aromatic rings. The average molecular weight is 472 g/mol. The Hall–Kier alpha value is -3.10. The lowest BCUT2D eigenvalue weighted by Gasteiger charge is -2.22. The van der Waals surface area contributed by atoms with Gasteiger partial charge in [-0.25, -0.2) is 9.78 Å². The summed E-state index contributed by atoms with van der Waals surface area (Å²) in [5.41, 5.74) is 4.08. The molecule has 0 radical (unpaired) electrons. The number of benzene rings is 2. The largest absolute Gasteiger partial charge is 0.372 e. The second kappa shape index (κ2) is 11.0. The fraction of sp³-hybridized carbons (Fsp3) is 0.261. The van der Waals surface area contributed by atoms with Gasteiger partial charge in [-0.05, 0) is 62.7 Å². The zero-order valence-corrected chi connectivity index (χ0v) is 19.8. The lowest BCUT2D eigenvalue weighted by atomic mass is 10.1. The maximum Gasteiger partial charge on any atom is 0.325 e. The molecule has 3 amide bonds. The molecule has 0 atom stereocenters. The Labute approximate surface area is 196 Å². The van der Waals surface area contributed by atoms with E-state index in [0.717, 1.165) is 30.0 Å². The van der Waals surface area contributed by atoms with Gasteiger partial charge in [-0.3, -0.25) is 10.1 Å². The summed E-state index contributed by atoms with van der Waals surface area (Å²) >= 11 is 7.18. The maximum atomic E-state index is 12.5. The highest BCUT2D eigenvalue weighted by atomic mass is 35.5. The maximum absolute atomic E-state index is 12.5. The zero-order chi connectivity index (χ0) is 23.1. The molecule has 0 aliphatic carbocycles. The van der Waals surface area contributed by atoms with Crippen molar-refractivity contribution in [3.05, 3.63) is 64.1 Å². The van der Waals surface area contributed by atoms with E-state index in [1.807, 2.05) is 19.1 Å². The molecule has 1 heterocycles. The first-order chi connectivity index (χ1) is 15.4. The highest BCUT2D eigenvalue weighted by Gasteiger charge is 2.12. The molecule has 0 saturated heterocycles. The summed E-state index contributed by atoms with van der Waals surface area (Å²) in [4.78, 5) is 31.2. The number of thiazole rings is 1. The minimum atomic E-state index is -0.429. The third-order valence-corrected chi connectivity index (χ3v) is 5.85. The van der Waals surface area contributed by atoms with Crippen LogP contribution < -0.4 is 20.9 Å². The molecule has 0 spiro atoms. The average Bonchev–Trinajstić information content (AvgIpc) is 3.17. The quantitative estimate of drug-likeness (QED) is 0.389. The molecular weight excluding hydrogens is 446 g/mol. The molecule has 2 aromatic carbocycles. The van der Waals surface area contributed by atoms with Gasteiger partial charge in [0.2, 0.25) is 5.91 Å². The number of carbonyl (C=O) groups is 2. The summed E-state index contributed by atoms with van der Waals surface area (Å²) in [6.45, 7) is 8.07. The van der Waals surface area contributed by atoms with Crippen LogP contribution in [0.25, 0.3) is 0 Å². The molecular formula is C23H26ClN5O2S. The number of halogens is 1. The van der Waals surface area contributed by atoms with Crippen molar-refractivity contribution in [2.45, 2.75) is 27.2 Å². The van der Waals surface area contributed by atoms with Gasteiger partial charge in [0, 0.05) is 40.6 Å². The Morgan fingerprint density at radius 2 is 1.84 bits per heavy atom. The first kappa shape index (κ1) is 23.6. The number of anilines is 4. The van der Waals surface area contributed by atoms with E-state index in [1.54, 1.807) is 29.6 Å². The molecule has 32 heavy (non-hydrogen) atoms. The summed E-state index contributed by atoms with van der Waals surface area (Å²) in [5, 5.41) is 11.0. The van der Waals surface area contributed by atoms with Crippen molar-refractivity contribution in [1.29, 1.82) is 0 Å². The standard InChI is InChI=1S/C23H26ClN5O2S/c1-4-29(5-2)19-9-10-20(15(3)11-19)27-21(30)13-18-14-32-23(26-18)28-22(31)25-17-8-6-7-16(24)12-17/h6-12,14H,4-5,13H2,1-3H3,(H,27,30)(H2,25,26,28,31). The summed E-state index contributed by atoms with van der Waals surface area (Å²) in [6.07, 6.45) is 0.116. The van der Waals surface area contributed by atoms with Gasteiger partial charge in [-0.2, -0.15) is 0 Å². The van der Waals surface area contributed by atoms with E-state index >= 15 is 0 Å². The minimum absolute atomic E-state index is 0.116. The van der Waals surface area contributed by atoms with Crippen LogP contribution in [0.1, 0.15) is 25.1 Å². The summed E-state index contributed by atoms with van der Waals surface area (Å²) in [6, 6.07) is 12.4. The Balaban J connectivity index is 1.55. The van der Waals surface area contributed by atoms with E-state index in [1.165, 1.54) is 11.3 Å². The third kappa shape index (κ3) is 6.45. The molecule has 0 aliphatic heterocycles. The van der Waals surface area contributed by atoms with Crippen molar-refractivity contribution in [2.75, 3.05) is 33.9 Å². The van der Waals surface area contributed by atoms with Crippen LogP contribution in [-0.4, -0.2) is 30.0 Å². The van der Waals surface area contributed by atoms with Crippen LogP contribution in [0.5, 0.6) is 0 Å². The Morgan fingerprint density at radius 3 is 2.53 bits per heavy atom. The number of carbonyl (C=O) groups excluding carboxylic acids is 2. The van der Waals surface area contributed by atoms with Crippen LogP contribution in [0.15, 0.2) is 47.8 Å². The van der Waals surface area contributed by atoms with Gasteiger partial charge in [-0.15, -0.1) is 11.3 Å². The van der Waals surface area contributed by atoms with E-state index < -0.39 is 6.03 Å². The van der Waals surface area contributed by atoms with Crippen molar-refractivity contribution in [3.8, 4) is 0 Å². The highest BCUT2D eigenvalue weighted by Crippen LogP contribution is 2.23. The normalized spacial score (nSPS) is 10.5. The molecule has 0 saturated carbocycles. The van der Waals surface area contributed by atoms with Gasteiger partial charge in [0.25, 0.3) is 0 Å². The van der Waals surface area contributed by atoms with Crippen molar-refractivity contribution in [3.63, 3.8) is 0 Å². The van der Waals surface area contributed by atoms with Gasteiger partial charge in [-0.1, -0.05) is 17.7 Å². The number of urea groups is 1. The van der Waals surface area contributed by atoms with E-state index in [0.29, 0.717) is 21.5 Å². The number of hydrogen-bond donors (Lipinski definition) is 3. The van der Waals surface area contributed by atoms with E-state index in [4.69, 9.17) is 11.6 Å². The van der Waals surface area contributed by atoms with Gasteiger partial charge >= 0.3 is 6.03 Å². The van der Waals surface area contributed by atoms with Crippen LogP contribution in [0, 0.1) is 6.92 Å². The summed E-state index contributed by atoms with van der Waals surface area (Å²) < 4.78 is 0. The van der Waals surface area contributed by atoms with Crippen molar-refractivity contribution >= 4 is 57.1 Å². The predicted molar refractivity (Wildman–Crippen MR) is 133 cm³/mol. The van der Waals surface area contributed by atoms with Crippen LogP contribution in [0.2, 0.25) is 5.02 Å².